The number of hydrogen-bond acceptors (Lipinski definition) is 1. The highest BCUT2D eigenvalue weighted by molar-refractivity contribution is 14.1. The number of alkyl halides is 1. The Morgan fingerprint density at radius 3 is 2.44 bits per heavy atom. The van der Waals surface area contributed by atoms with Crippen LogP contribution in [0, 0.1) is 9.49 Å². The van der Waals surface area contributed by atoms with Crippen LogP contribution < -0.4 is 0 Å². The van der Waals surface area contributed by atoms with Crippen molar-refractivity contribution in [3.63, 3.8) is 0 Å². The molecular formula is C14H18ClIN2. The summed E-state index contributed by atoms with van der Waals surface area (Å²) >= 11 is 8.60. The average molecular weight is 377 g/mol. The maximum Gasteiger partial charge on any atom is 0.127 e. The minimum Gasteiger partial charge on any atom is -0.324 e. The SMILES string of the molecule is CC(Cl)c1nc2cc(I)ccc2n1C(C)C(C)C. The molecule has 0 saturated carbocycles. The van der Waals surface area contributed by atoms with Gasteiger partial charge in [0.1, 0.15) is 5.82 Å². The van der Waals surface area contributed by atoms with E-state index in [1.807, 2.05) is 6.92 Å². The number of nitrogens with zero attached hydrogens (tertiary/aromatic N) is 2. The zero-order valence-corrected chi connectivity index (χ0v) is 14.0. The molecule has 0 aliphatic rings. The number of benzene rings is 1. The highest BCUT2D eigenvalue weighted by Gasteiger charge is 2.20. The second-order valence-corrected chi connectivity index (χ2v) is 6.97. The quantitative estimate of drug-likeness (QED) is 0.534. The third-order valence-electron chi connectivity index (χ3n) is 3.41. The van der Waals surface area contributed by atoms with Gasteiger partial charge in [0.15, 0.2) is 0 Å². The van der Waals surface area contributed by atoms with E-state index >= 15 is 0 Å². The highest BCUT2D eigenvalue weighted by Crippen LogP contribution is 2.31. The van der Waals surface area contributed by atoms with E-state index in [9.17, 15) is 0 Å². The normalized spacial score (nSPS) is 15.3. The Labute approximate surface area is 127 Å². The van der Waals surface area contributed by atoms with Crippen molar-refractivity contribution >= 4 is 45.2 Å². The summed E-state index contributed by atoms with van der Waals surface area (Å²) in [5.41, 5.74) is 2.22. The molecule has 1 aromatic heterocycles. The molecule has 0 aliphatic heterocycles. The fraction of sp³-hybridized carbons (Fsp3) is 0.500. The number of imidazole rings is 1. The molecule has 2 aromatic rings. The van der Waals surface area contributed by atoms with Crippen molar-refractivity contribution in [2.75, 3.05) is 0 Å². The van der Waals surface area contributed by atoms with E-state index in [0.717, 1.165) is 11.3 Å². The summed E-state index contributed by atoms with van der Waals surface area (Å²) < 4.78 is 3.49. The van der Waals surface area contributed by atoms with Gasteiger partial charge < -0.3 is 4.57 Å². The van der Waals surface area contributed by atoms with E-state index in [4.69, 9.17) is 16.6 Å². The van der Waals surface area contributed by atoms with E-state index in [-0.39, 0.29) is 5.38 Å². The third kappa shape index (κ3) is 2.52. The zero-order chi connectivity index (χ0) is 13.4. The Hall–Kier alpha value is -0.290. The molecule has 0 fully saturated rings. The molecule has 18 heavy (non-hydrogen) atoms. The molecule has 0 amide bonds. The first-order valence-corrected chi connectivity index (χ1v) is 7.74. The van der Waals surface area contributed by atoms with Gasteiger partial charge in [-0.3, -0.25) is 0 Å². The van der Waals surface area contributed by atoms with Crippen LogP contribution in [0.15, 0.2) is 18.2 Å². The van der Waals surface area contributed by atoms with E-state index in [2.05, 4.69) is 66.1 Å². The first-order chi connectivity index (χ1) is 8.41. The van der Waals surface area contributed by atoms with Crippen molar-refractivity contribution in [2.24, 2.45) is 5.92 Å². The largest absolute Gasteiger partial charge is 0.324 e. The standard InChI is InChI=1S/C14H18ClIN2/c1-8(2)10(4)18-13-6-5-11(16)7-12(13)17-14(18)9(3)15/h5-10H,1-4H3. The van der Waals surface area contributed by atoms with Crippen LogP contribution in [0.2, 0.25) is 0 Å². The molecule has 2 unspecified atom stereocenters. The van der Waals surface area contributed by atoms with Crippen LogP contribution in [0.3, 0.4) is 0 Å². The highest BCUT2D eigenvalue weighted by atomic mass is 127. The summed E-state index contributed by atoms with van der Waals surface area (Å²) in [6, 6.07) is 6.77. The van der Waals surface area contributed by atoms with Gasteiger partial charge in [0, 0.05) is 9.61 Å². The minimum absolute atomic E-state index is 0.0729. The molecule has 2 nitrogen and oxygen atoms in total. The molecule has 0 saturated heterocycles. The number of hydrogen-bond donors (Lipinski definition) is 0. The molecule has 0 spiro atoms. The van der Waals surface area contributed by atoms with Gasteiger partial charge >= 0.3 is 0 Å². The first kappa shape index (κ1) is 14.1. The minimum atomic E-state index is -0.0729. The molecule has 0 N–H and O–H groups in total. The fourth-order valence-electron chi connectivity index (χ4n) is 2.10. The van der Waals surface area contributed by atoms with Gasteiger partial charge in [-0.05, 0) is 60.6 Å². The number of rotatable bonds is 3. The maximum absolute atomic E-state index is 6.28. The average Bonchev–Trinajstić information content (AvgIpc) is 2.66. The van der Waals surface area contributed by atoms with Gasteiger partial charge in [0.2, 0.25) is 0 Å². The molecular weight excluding hydrogens is 359 g/mol. The van der Waals surface area contributed by atoms with Gasteiger partial charge in [0.25, 0.3) is 0 Å². The molecule has 0 radical (unpaired) electrons. The first-order valence-electron chi connectivity index (χ1n) is 6.23. The number of aromatic nitrogens is 2. The Morgan fingerprint density at radius 1 is 1.22 bits per heavy atom. The molecule has 98 valence electrons. The predicted octanol–water partition coefficient (Wildman–Crippen LogP) is 5.16. The van der Waals surface area contributed by atoms with E-state index < -0.39 is 0 Å². The summed E-state index contributed by atoms with van der Waals surface area (Å²) in [6.45, 7) is 8.67. The van der Waals surface area contributed by atoms with Crippen LogP contribution in [-0.4, -0.2) is 9.55 Å². The Bertz CT molecular complexity index is 560. The second kappa shape index (κ2) is 5.37. The van der Waals surface area contributed by atoms with E-state index in [0.29, 0.717) is 12.0 Å². The van der Waals surface area contributed by atoms with Crippen LogP contribution in [-0.2, 0) is 0 Å². The fourth-order valence-corrected chi connectivity index (χ4v) is 2.73. The smallest absolute Gasteiger partial charge is 0.127 e. The monoisotopic (exact) mass is 376 g/mol. The van der Waals surface area contributed by atoms with Crippen LogP contribution in [0.5, 0.6) is 0 Å². The van der Waals surface area contributed by atoms with Crippen molar-refractivity contribution in [3.8, 4) is 0 Å². The maximum atomic E-state index is 6.28. The van der Waals surface area contributed by atoms with Gasteiger partial charge in [-0.15, -0.1) is 11.6 Å². The van der Waals surface area contributed by atoms with Crippen molar-refractivity contribution < 1.29 is 0 Å². The van der Waals surface area contributed by atoms with Crippen molar-refractivity contribution in [1.82, 2.24) is 9.55 Å². The summed E-state index contributed by atoms with van der Waals surface area (Å²) in [5, 5.41) is -0.0729. The number of fused-ring (bicyclic) bond motifs is 1. The van der Waals surface area contributed by atoms with Gasteiger partial charge in [0.05, 0.1) is 16.4 Å². The Kier molecular flexibility index (Phi) is 4.22. The van der Waals surface area contributed by atoms with Crippen LogP contribution in [0.4, 0.5) is 0 Å². The summed E-state index contributed by atoms with van der Waals surface area (Å²) in [6.07, 6.45) is 0. The third-order valence-corrected chi connectivity index (χ3v) is 4.27. The lowest BCUT2D eigenvalue weighted by molar-refractivity contribution is 0.405. The lowest BCUT2D eigenvalue weighted by Crippen LogP contribution is -2.14. The number of halogens is 2. The Morgan fingerprint density at radius 2 is 1.89 bits per heavy atom. The van der Waals surface area contributed by atoms with Crippen molar-refractivity contribution in [2.45, 2.75) is 39.1 Å². The molecule has 2 rings (SSSR count). The summed E-state index contributed by atoms with van der Waals surface area (Å²) in [5.74, 6) is 1.52. The van der Waals surface area contributed by atoms with Gasteiger partial charge in [-0.25, -0.2) is 4.98 Å². The summed E-state index contributed by atoms with van der Waals surface area (Å²) in [7, 11) is 0. The summed E-state index contributed by atoms with van der Waals surface area (Å²) in [4.78, 5) is 4.70. The Balaban J connectivity index is 2.70. The molecule has 1 heterocycles. The van der Waals surface area contributed by atoms with Crippen molar-refractivity contribution in [1.29, 1.82) is 0 Å². The lowest BCUT2D eigenvalue weighted by Gasteiger charge is -2.21. The lowest BCUT2D eigenvalue weighted by atomic mass is 10.1. The van der Waals surface area contributed by atoms with Crippen LogP contribution >= 0.6 is 34.2 Å². The predicted molar refractivity (Wildman–Crippen MR) is 86.3 cm³/mol. The van der Waals surface area contributed by atoms with Crippen molar-refractivity contribution in [3.05, 3.63) is 27.6 Å². The molecule has 2 atom stereocenters. The molecule has 0 bridgehead atoms. The van der Waals surface area contributed by atoms with Gasteiger partial charge in [-0.1, -0.05) is 13.8 Å². The van der Waals surface area contributed by atoms with Crippen LogP contribution in [0.1, 0.15) is 44.9 Å². The molecule has 1 aromatic carbocycles. The van der Waals surface area contributed by atoms with Crippen LogP contribution in [0.25, 0.3) is 11.0 Å². The zero-order valence-electron chi connectivity index (χ0n) is 11.1. The van der Waals surface area contributed by atoms with Gasteiger partial charge in [-0.2, -0.15) is 0 Å². The molecule has 0 aliphatic carbocycles. The second-order valence-electron chi connectivity index (χ2n) is 5.07. The van der Waals surface area contributed by atoms with E-state index in [1.165, 1.54) is 9.09 Å². The topological polar surface area (TPSA) is 17.8 Å². The van der Waals surface area contributed by atoms with E-state index in [1.54, 1.807) is 0 Å². The molecule has 4 heteroatoms.